The summed E-state index contributed by atoms with van der Waals surface area (Å²) in [6.45, 7) is 0. The first-order valence-electron chi connectivity index (χ1n) is 4.38. The van der Waals surface area contributed by atoms with E-state index in [2.05, 4.69) is 15.0 Å². The molecule has 2 rings (SSSR count). The van der Waals surface area contributed by atoms with Crippen LogP contribution in [0.3, 0.4) is 0 Å². The van der Waals surface area contributed by atoms with Crippen molar-refractivity contribution in [1.29, 1.82) is 0 Å². The van der Waals surface area contributed by atoms with E-state index in [1.807, 2.05) is 34.7 Å². The minimum absolute atomic E-state index is 0.0931. The van der Waals surface area contributed by atoms with Crippen LogP contribution in [0.5, 0.6) is 0 Å². The number of aromatic nitrogens is 3. The zero-order valence-corrected chi connectivity index (χ0v) is 9.93. The van der Waals surface area contributed by atoms with Crippen molar-refractivity contribution in [1.82, 2.24) is 15.0 Å². The zero-order valence-electron chi connectivity index (χ0n) is 7.77. The summed E-state index contributed by atoms with van der Waals surface area (Å²) in [6, 6.07) is 3.81. The largest absolute Gasteiger partial charge is 0.309 e. The molecule has 0 radical (unpaired) electrons. The Morgan fingerprint density at radius 1 is 1.40 bits per heavy atom. The quantitative estimate of drug-likeness (QED) is 0.852. The average molecular weight is 313 g/mol. The fraction of sp³-hybridized carbons (Fsp3) is 0.100. The van der Waals surface area contributed by atoms with Crippen LogP contribution < -0.4 is 5.56 Å². The van der Waals surface area contributed by atoms with Crippen LogP contribution in [0.1, 0.15) is 11.4 Å². The van der Waals surface area contributed by atoms with E-state index in [1.54, 1.807) is 18.6 Å². The Morgan fingerprint density at radius 2 is 2.27 bits per heavy atom. The third-order valence-electron chi connectivity index (χ3n) is 1.90. The average Bonchev–Trinajstić information content (AvgIpc) is 2.25. The van der Waals surface area contributed by atoms with Crippen LogP contribution >= 0.6 is 22.6 Å². The van der Waals surface area contributed by atoms with Crippen molar-refractivity contribution in [3.8, 4) is 0 Å². The molecule has 1 N–H and O–H groups in total. The van der Waals surface area contributed by atoms with Crippen LogP contribution in [0.2, 0.25) is 0 Å². The topological polar surface area (TPSA) is 58.6 Å². The van der Waals surface area contributed by atoms with E-state index < -0.39 is 0 Å². The Labute approximate surface area is 99.9 Å². The van der Waals surface area contributed by atoms with E-state index in [1.165, 1.54) is 0 Å². The molecule has 0 saturated heterocycles. The third kappa shape index (κ3) is 2.62. The van der Waals surface area contributed by atoms with Gasteiger partial charge >= 0.3 is 0 Å². The molecular formula is C10H8IN3O. The van der Waals surface area contributed by atoms with Gasteiger partial charge in [0.25, 0.3) is 5.56 Å². The number of aromatic amines is 1. The van der Waals surface area contributed by atoms with Gasteiger partial charge in [-0.25, -0.2) is 4.98 Å². The number of H-pyrrole nitrogens is 1. The first-order valence-corrected chi connectivity index (χ1v) is 5.46. The van der Waals surface area contributed by atoms with Gasteiger partial charge < -0.3 is 4.98 Å². The zero-order chi connectivity index (χ0) is 10.7. The van der Waals surface area contributed by atoms with Crippen LogP contribution in [0, 0.1) is 3.57 Å². The van der Waals surface area contributed by atoms with E-state index in [9.17, 15) is 4.79 Å². The minimum atomic E-state index is -0.0931. The number of hydrogen-bond acceptors (Lipinski definition) is 3. The molecule has 0 saturated carbocycles. The number of pyridine rings is 1. The van der Waals surface area contributed by atoms with Crippen LogP contribution in [0.15, 0.2) is 35.5 Å². The molecule has 0 aliphatic heterocycles. The Morgan fingerprint density at radius 3 is 2.93 bits per heavy atom. The van der Waals surface area contributed by atoms with Gasteiger partial charge in [0.2, 0.25) is 0 Å². The van der Waals surface area contributed by atoms with Crippen LogP contribution in [0.4, 0.5) is 0 Å². The summed E-state index contributed by atoms with van der Waals surface area (Å²) in [4.78, 5) is 22.2. The maximum absolute atomic E-state index is 11.3. The fourth-order valence-electron chi connectivity index (χ4n) is 1.20. The molecule has 0 spiro atoms. The monoisotopic (exact) mass is 313 g/mol. The lowest BCUT2D eigenvalue weighted by molar-refractivity contribution is 0.932. The Bertz CT molecular complexity index is 510. The molecule has 5 heteroatoms. The van der Waals surface area contributed by atoms with Gasteiger partial charge in [-0.15, -0.1) is 0 Å². The molecule has 0 aliphatic carbocycles. The number of hydrogen-bond donors (Lipinski definition) is 1. The van der Waals surface area contributed by atoms with Gasteiger partial charge in [-0.1, -0.05) is 6.07 Å². The number of halogens is 1. The summed E-state index contributed by atoms with van der Waals surface area (Å²) in [5.74, 6) is 0.661. The molecule has 15 heavy (non-hydrogen) atoms. The molecule has 2 aromatic rings. The van der Waals surface area contributed by atoms with Gasteiger partial charge in [-0.05, 0) is 34.2 Å². The first kappa shape index (κ1) is 10.3. The minimum Gasteiger partial charge on any atom is -0.309 e. The Kier molecular flexibility index (Phi) is 3.10. The van der Waals surface area contributed by atoms with E-state index in [0.717, 1.165) is 5.56 Å². The maximum Gasteiger partial charge on any atom is 0.264 e. The Hall–Kier alpha value is -1.24. The van der Waals surface area contributed by atoms with E-state index >= 15 is 0 Å². The van der Waals surface area contributed by atoms with Gasteiger partial charge in [-0.2, -0.15) is 0 Å². The molecule has 0 fully saturated rings. The van der Waals surface area contributed by atoms with Crippen molar-refractivity contribution < 1.29 is 0 Å². The predicted molar refractivity (Wildman–Crippen MR) is 64.6 cm³/mol. The highest BCUT2D eigenvalue weighted by Gasteiger charge is 2.00. The highest BCUT2D eigenvalue weighted by molar-refractivity contribution is 14.1. The molecule has 4 nitrogen and oxygen atoms in total. The normalized spacial score (nSPS) is 10.2. The van der Waals surface area contributed by atoms with E-state index in [-0.39, 0.29) is 5.56 Å². The van der Waals surface area contributed by atoms with Gasteiger partial charge in [0.05, 0.1) is 3.57 Å². The molecule has 76 valence electrons. The van der Waals surface area contributed by atoms with Crippen molar-refractivity contribution in [2.75, 3.05) is 0 Å². The van der Waals surface area contributed by atoms with Crippen molar-refractivity contribution in [2.24, 2.45) is 0 Å². The van der Waals surface area contributed by atoms with E-state index in [4.69, 9.17) is 0 Å². The second-order valence-electron chi connectivity index (χ2n) is 3.05. The van der Waals surface area contributed by atoms with Crippen LogP contribution in [-0.2, 0) is 6.42 Å². The summed E-state index contributed by atoms with van der Waals surface area (Å²) in [5, 5.41) is 0. The summed E-state index contributed by atoms with van der Waals surface area (Å²) in [6.07, 6.45) is 5.65. The smallest absolute Gasteiger partial charge is 0.264 e. The first-order chi connectivity index (χ1) is 7.25. The highest BCUT2D eigenvalue weighted by atomic mass is 127. The van der Waals surface area contributed by atoms with Crippen molar-refractivity contribution in [3.63, 3.8) is 0 Å². The standard InChI is InChI=1S/C10H8IN3O/c11-8-6-13-9(14-10(8)15)4-7-2-1-3-12-5-7/h1-3,5-6H,4H2,(H,13,14,15). The lowest BCUT2D eigenvalue weighted by Crippen LogP contribution is -2.13. The molecule has 0 atom stereocenters. The van der Waals surface area contributed by atoms with Crippen molar-refractivity contribution in [2.45, 2.75) is 6.42 Å². The summed E-state index contributed by atoms with van der Waals surface area (Å²) in [5.41, 5.74) is 0.936. The number of rotatable bonds is 2. The third-order valence-corrected chi connectivity index (χ3v) is 2.67. The molecule has 2 aromatic heterocycles. The van der Waals surface area contributed by atoms with Crippen LogP contribution in [0.25, 0.3) is 0 Å². The molecular weight excluding hydrogens is 305 g/mol. The van der Waals surface area contributed by atoms with Gasteiger partial charge in [0.15, 0.2) is 0 Å². The molecule has 2 heterocycles. The summed E-state index contributed by atoms with van der Waals surface area (Å²) < 4.78 is 0.600. The Balaban J connectivity index is 2.26. The molecule has 0 amide bonds. The molecule has 0 aliphatic rings. The maximum atomic E-state index is 11.3. The van der Waals surface area contributed by atoms with Crippen molar-refractivity contribution in [3.05, 3.63) is 56.0 Å². The summed E-state index contributed by atoms with van der Waals surface area (Å²) in [7, 11) is 0. The highest BCUT2D eigenvalue weighted by Crippen LogP contribution is 2.02. The lowest BCUT2D eigenvalue weighted by Gasteiger charge is -1.99. The second-order valence-corrected chi connectivity index (χ2v) is 4.21. The second kappa shape index (κ2) is 4.52. The SMILES string of the molecule is O=c1[nH]c(Cc2cccnc2)ncc1I. The fourth-order valence-corrected chi connectivity index (χ4v) is 1.48. The number of nitrogens with one attached hydrogen (secondary N) is 1. The van der Waals surface area contributed by atoms with Gasteiger partial charge in [0.1, 0.15) is 5.82 Å². The van der Waals surface area contributed by atoms with Gasteiger partial charge in [-0.3, -0.25) is 9.78 Å². The number of nitrogens with zero attached hydrogens (tertiary/aromatic N) is 2. The molecule has 0 bridgehead atoms. The lowest BCUT2D eigenvalue weighted by atomic mass is 10.2. The van der Waals surface area contributed by atoms with Gasteiger partial charge in [0, 0.05) is 25.0 Å². The van der Waals surface area contributed by atoms with E-state index in [0.29, 0.717) is 15.8 Å². The predicted octanol–water partition coefficient (Wildman–Crippen LogP) is 1.36. The van der Waals surface area contributed by atoms with Crippen molar-refractivity contribution >= 4 is 22.6 Å². The molecule has 0 aromatic carbocycles. The van der Waals surface area contributed by atoms with Crippen LogP contribution in [-0.4, -0.2) is 15.0 Å². The molecule has 0 unspecified atom stereocenters. The summed E-state index contributed by atoms with van der Waals surface area (Å²) >= 11 is 1.95.